The Balaban J connectivity index is 2.58. The van der Waals surface area contributed by atoms with Crippen molar-refractivity contribution in [3.8, 4) is 0 Å². The molecular formula is C15H26O4. The highest BCUT2D eigenvalue weighted by atomic mass is 16.7. The van der Waals surface area contributed by atoms with Crippen molar-refractivity contribution in [1.29, 1.82) is 0 Å². The van der Waals surface area contributed by atoms with Crippen molar-refractivity contribution in [2.45, 2.75) is 72.2 Å². The van der Waals surface area contributed by atoms with Crippen LogP contribution in [0.1, 0.15) is 59.8 Å². The van der Waals surface area contributed by atoms with Gasteiger partial charge in [-0.1, -0.05) is 53.4 Å². The van der Waals surface area contributed by atoms with E-state index in [4.69, 9.17) is 9.47 Å². The average Bonchev–Trinajstić information content (AvgIpc) is 2.34. The summed E-state index contributed by atoms with van der Waals surface area (Å²) >= 11 is 0. The molecule has 0 aromatic rings. The van der Waals surface area contributed by atoms with E-state index in [9.17, 15) is 9.59 Å². The summed E-state index contributed by atoms with van der Waals surface area (Å²) < 4.78 is 11.0. The van der Waals surface area contributed by atoms with Gasteiger partial charge in [-0.3, -0.25) is 4.79 Å². The number of esters is 1. The normalized spacial score (nSPS) is 28.0. The van der Waals surface area contributed by atoms with Crippen molar-refractivity contribution in [1.82, 2.24) is 0 Å². The first-order chi connectivity index (χ1) is 8.90. The smallest absolute Gasteiger partial charge is 0.314 e. The number of carbonyl (C=O) groups is 2. The van der Waals surface area contributed by atoms with Crippen LogP contribution < -0.4 is 0 Å². The number of carbonyl (C=O) groups excluding carboxylic acids is 2. The molecule has 0 bridgehead atoms. The average molecular weight is 270 g/mol. The molecule has 0 N–H and O–H groups in total. The third-order valence-corrected chi connectivity index (χ3v) is 3.41. The van der Waals surface area contributed by atoms with Gasteiger partial charge in [-0.2, -0.15) is 0 Å². The molecule has 19 heavy (non-hydrogen) atoms. The van der Waals surface area contributed by atoms with Crippen LogP contribution in [0.25, 0.3) is 0 Å². The fourth-order valence-electron chi connectivity index (χ4n) is 2.17. The van der Waals surface area contributed by atoms with Crippen LogP contribution in [-0.2, 0) is 19.1 Å². The molecular weight excluding hydrogens is 244 g/mol. The predicted molar refractivity (Wildman–Crippen MR) is 72.5 cm³/mol. The molecule has 1 aliphatic rings. The predicted octanol–water partition coefficient (Wildman–Crippen LogP) is 3.09. The highest BCUT2D eigenvalue weighted by Gasteiger charge is 2.43. The van der Waals surface area contributed by atoms with Crippen LogP contribution in [0.5, 0.6) is 0 Å². The molecule has 1 heterocycles. The van der Waals surface area contributed by atoms with Gasteiger partial charge in [0.25, 0.3) is 0 Å². The van der Waals surface area contributed by atoms with E-state index in [1.165, 1.54) is 0 Å². The van der Waals surface area contributed by atoms with Crippen molar-refractivity contribution in [3.63, 3.8) is 0 Å². The van der Waals surface area contributed by atoms with E-state index < -0.39 is 18.3 Å². The number of unbranched alkanes of at least 4 members (excludes halogenated alkanes) is 3. The van der Waals surface area contributed by atoms with Crippen molar-refractivity contribution in [2.24, 2.45) is 11.3 Å². The van der Waals surface area contributed by atoms with Gasteiger partial charge in [0.1, 0.15) is 12.4 Å². The summed E-state index contributed by atoms with van der Waals surface area (Å²) in [6, 6.07) is 0. The monoisotopic (exact) mass is 270 g/mol. The molecule has 0 aliphatic carbocycles. The second-order valence-electron chi connectivity index (χ2n) is 6.33. The number of rotatable bonds is 6. The van der Waals surface area contributed by atoms with Crippen molar-refractivity contribution < 1.29 is 19.1 Å². The van der Waals surface area contributed by atoms with Gasteiger partial charge < -0.3 is 14.3 Å². The Hall–Kier alpha value is -0.900. The summed E-state index contributed by atoms with van der Waals surface area (Å²) in [7, 11) is 0. The van der Waals surface area contributed by atoms with Gasteiger partial charge in [-0.05, 0) is 6.42 Å². The molecule has 1 rings (SSSR count). The summed E-state index contributed by atoms with van der Waals surface area (Å²) in [4.78, 5) is 23.2. The topological polar surface area (TPSA) is 52.6 Å². The Bertz CT molecular complexity index is 306. The second-order valence-corrected chi connectivity index (χ2v) is 6.33. The minimum Gasteiger partial charge on any atom is -0.435 e. The minimum atomic E-state index is -0.660. The molecule has 0 saturated carbocycles. The Morgan fingerprint density at radius 2 is 1.89 bits per heavy atom. The van der Waals surface area contributed by atoms with Gasteiger partial charge in [0, 0.05) is 5.41 Å². The van der Waals surface area contributed by atoms with Crippen LogP contribution in [0, 0.1) is 11.3 Å². The van der Waals surface area contributed by atoms with Gasteiger partial charge in [0.15, 0.2) is 0 Å². The molecule has 0 radical (unpaired) electrons. The molecule has 4 heteroatoms. The maximum absolute atomic E-state index is 12.0. The first kappa shape index (κ1) is 16.2. The fourth-order valence-corrected chi connectivity index (χ4v) is 2.17. The molecule has 0 spiro atoms. The molecule has 1 saturated heterocycles. The Morgan fingerprint density at radius 3 is 2.42 bits per heavy atom. The Kier molecular flexibility index (Phi) is 5.98. The standard InChI is InChI=1S/C15H26O4/c1-5-6-7-8-9-11-12(10-16)18-14(15(2,3)4)19-13(11)17/h10-12,14H,5-9H2,1-4H3. The van der Waals surface area contributed by atoms with E-state index in [0.717, 1.165) is 32.0 Å². The van der Waals surface area contributed by atoms with Gasteiger partial charge in [0.2, 0.25) is 6.29 Å². The van der Waals surface area contributed by atoms with E-state index >= 15 is 0 Å². The molecule has 1 aliphatic heterocycles. The van der Waals surface area contributed by atoms with Crippen LogP contribution in [0.3, 0.4) is 0 Å². The lowest BCUT2D eigenvalue weighted by molar-refractivity contribution is -0.251. The van der Waals surface area contributed by atoms with E-state index in [-0.39, 0.29) is 11.4 Å². The van der Waals surface area contributed by atoms with E-state index in [0.29, 0.717) is 6.42 Å². The van der Waals surface area contributed by atoms with Gasteiger partial charge >= 0.3 is 5.97 Å². The molecule has 3 atom stereocenters. The molecule has 0 aromatic heterocycles. The largest absolute Gasteiger partial charge is 0.435 e. The molecule has 4 nitrogen and oxygen atoms in total. The molecule has 3 unspecified atom stereocenters. The zero-order chi connectivity index (χ0) is 14.5. The molecule has 0 aromatic carbocycles. The third-order valence-electron chi connectivity index (χ3n) is 3.41. The summed E-state index contributed by atoms with van der Waals surface area (Å²) in [6.45, 7) is 7.91. The Labute approximate surface area is 115 Å². The minimum absolute atomic E-state index is 0.292. The van der Waals surface area contributed by atoms with Gasteiger partial charge in [0.05, 0.1) is 5.92 Å². The van der Waals surface area contributed by atoms with Crippen molar-refractivity contribution in [2.75, 3.05) is 0 Å². The van der Waals surface area contributed by atoms with Crippen LogP contribution in [0.4, 0.5) is 0 Å². The highest BCUT2D eigenvalue weighted by molar-refractivity contribution is 5.78. The fraction of sp³-hybridized carbons (Fsp3) is 0.867. The number of hydrogen-bond acceptors (Lipinski definition) is 4. The summed E-state index contributed by atoms with van der Waals surface area (Å²) in [6.07, 6.45) is 4.42. The molecule has 1 fully saturated rings. The number of cyclic esters (lactones) is 1. The summed E-state index contributed by atoms with van der Waals surface area (Å²) in [5.74, 6) is -0.729. The number of ether oxygens (including phenoxy) is 2. The zero-order valence-electron chi connectivity index (χ0n) is 12.5. The lowest BCUT2D eigenvalue weighted by Crippen LogP contribution is -2.49. The van der Waals surface area contributed by atoms with Gasteiger partial charge in [-0.25, -0.2) is 0 Å². The van der Waals surface area contributed by atoms with E-state index in [1.54, 1.807) is 0 Å². The summed E-state index contributed by atoms with van der Waals surface area (Å²) in [5.41, 5.74) is -0.315. The second kappa shape index (κ2) is 7.04. The van der Waals surface area contributed by atoms with Crippen LogP contribution >= 0.6 is 0 Å². The zero-order valence-corrected chi connectivity index (χ0v) is 12.5. The van der Waals surface area contributed by atoms with Crippen LogP contribution in [0.15, 0.2) is 0 Å². The SMILES string of the molecule is CCCCCCC1C(=O)OC(C(C)(C)C)OC1C=O. The quantitative estimate of drug-likeness (QED) is 0.423. The van der Waals surface area contributed by atoms with Crippen LogP contribution in [-0.4, -0.2) is 24.6 Å². The number of hydrogen-bond donors (Lipinski definition) is 0. The van der Waals surface area contributed by atoms with Crippen LogP contribution in [0.2, 0.25) is 0 Å². The highest BCUT2D eigenvalue weighted by Crippen LogP contribution is 2.32. The van der Waals surface area contributed by atoms with Crippen molar-refractivity contribution >= 4 is 12.3 Å². The third kappa shape index (κ3) is 4.60. The maximum Gasteiger partial charge on any atom is 0.314 e. The number of aldehydes is 1. The maximum atomic E-state index is 12.0. The molecule has 110 valence electrons. The lowest BCUT2D eigenvalue weighted by Gasteiger charge is -2.38. The Morgan fingerprint density at radius 1 is 1.21 bits per heavy atom. The lowest BCUT2D eigenvalue weighted by atomic mass is 9.91. The van der Waals surface area contributed by atoms with E-state index in [2.05, 4.69) is 6.92 Å². The molecule has 0 amide bonds. The van der Waals surface area contributed by atoms with Crippen molar-refractivity contribution in [3.05, 3.63) is 0 Å². The summed E-state index contributed by atoms with van der Waals surface area (Å²) in [5, 5.41) is 0. The first-order valence-electron chi connectivity index (χ1n) is 7.21. The van der Waals surface area contributed by atoms with E-state index in [1.807, 2.05) is 20.8 Å². The first-order valence-corrected chi connectivity index (χ1v) is 7.21. The van der Waals surface area contributed by atoms with Gasteiger partial charge in [-0.15, -0.1) is 0 Å².